The van der Waals surface area contributed by atoms with Crippen molar-refractivity contribution in [3.8, 4) is 0 Å². The number of carbonyl (C=O) groups excluding carboxylic acids is 1. The first kappa shape index (κ1) is 14.9. The highest BCUT2D eigenvalue weighted by Crippen LogP contribution is 2.32. The fourth-order valence-electron chi connectivity index (χ4n) is 2.47. The monoisotopic (exact) mass is 318 g/mol. The van der Waals surface area contributed by atoms with Gasteiger partial charge in [0.15, 0.2) is 11.6 Å². The Morgan fingerprint density at radius 1 is 1.41 bits per heavy atom. The molecule has 1 aliphatic rings. The molecule has 2 aromatic rings. The number of aromatic nitrogens is 3. The summed E-state index contributed by atoms with van der Waals surface area (Å²) in [4.78, 5) is 18.4. The van der Waals surface area contributed by atoms with Crippen molar-refractivity contribution in [1.29, 1.82) is 0 Å². The Bertz CT molecular complexity index is 760. The summed E-state index contributed by atoms with van der Waals surface area (Å²) in [5, 5.41) is 5.35. The molecule has 22 heavy (non-hydrogen) atoms. The minimum Gasteiger partial charge on any atom is -0.448 e. The molecule has 1 fully saturated rings. The summed E-state index contributed by atoms with van der Waals surface area (Å²) in [6.45, 7) is 6.42. The van der Waals surface area contributed by atoms with E-state index in [1.807, 2.05) is 31.7 Å². The zero-order chi connectivity index (χ0) is 15.9. The van der Waals surface area contributed by atoms with Crippen LogP contribution < -0.4 is 0 Å². The Morgan fingerprint density at radius 2 is 2.18 bits per heavy atom. The number of aryl methyl sites for hydroxylation is 3. The normalized spacial score (nSPS) is 16.7. The van der Waals surface area contributed by atoms with E-state index in [1.165, 1.54) is 6.26 Å². The first-order valence-corrected chi connectivity index (χ1v) is 8.04. The molecule has 0 bridgehead atoms. The Labute approximate surface area is 133 Å². The molecule has 0 N–H and O–H groups in total. The van der Waals surface area contributed by atoms with Gasteiger partial charge in [0.05, 0.1) is 10.7 Å². The molecule has 0 saturated carbocycles. The summed E-state index contributed by atoms with van der Waals surface area (Å²) in [5.41, 5.74) is 3.47. The second kappa shape index (κ2) is 5.64. The van der Waals surface area contributed by atoms with Gasteiger partial charge in [-0.3, -0.25) is 9.48 Å². The van der Waals surface area contributed by atoms with Crippen molar-refractivity contribution in [3.05, 3.63) is 39.8 Å². The van der Waals surface area contributed by atoms with Crippen molar-refractivity contribution in [2.45, 2.75) is 20.8 Å². The van der Waals surface area contributed by atoms with Crippen LogP contribution in [-0.2, 0) is 7.05 Å². The van der Waals surface area contributed by atoms with Crippen molar-refractivity contribution in [2.24, 2.45) is 7.05 Å². The standard InChI is InChI=1S/C15H18N4O2S/c1-9-12(10(2)18(4)17-9)7-14-19(5-6-22-14)15(20)13-8-21-11(3)16-13/h7-8H,5-6H2,1-4H3/b14-7+. The van der Waals surface area contributed by atoms with Gasteiger partial charge in [0.2, 0.25) is 0 Å². The van der Waals surface area contributed by atoms with Crippen LogP contribution in [0.25, 0.3) is 6.08 Å². The van der Waals surface area contributed by atoms with Gasteiger partial charge in [0.25, 0.3) is 5.91 Å². The number of amides is 1. The number of thioether (sulfide) groups is 1. The van der Waals surface area contributed by atoms with E-state index in [0.717, 1.165) is 27.7 Å². The topological polar surface area (TPSA) is 64.2 Å². The van der Waals surface area contributed by atoms with Crippen LogP contribution in [-0.4, -0.2) is 37.9 Å². The maximum atomic E-state index is 12.6. The van der Waals surface area contributed by atoms with Gasteiger partial charge in [0.1, 0.15) is 6.26 Å². The quantitative estimate of drug-likeness (QED) is 0.851. The summed E-state index contributed by atoms with van der Waals surface area (Å²) in [5.74, 6) is 1.26. The number of hydrogen-bond donors (Lipinski definition) is 0. The lowest BCUT2D eigenvalue weighted by Crippen LogP contribution is -2.27. The summed E-state index contributed by atoms with van der Waals surface area (Å²) in [6.07, 6.45) is 3.46. The molecule has 0 aliphatic carbocycles. The lowest BCUT2D eigenvalue weighted by Gasteiger charge is -2.15. The van der Waals surface area contributed by atoms with E-state index >= 15 is 0 Å². The fourth-order valence-corrected chi connectivity index (χ4v) is 3.49. The molecule has 7 heteroatoms. The predicted molar refractivity (Wildman–Crippen MR) is 85.4 cm³/mol. The zero-order valence-corrected chi connectivity index (χ0v) is 13.9. The highest BCUT2D eigenvalue weighted by Gasteiger charge is 2.27. The smallest absolute Gasteiger partial charge is 0.280 e. The molecule has 3 heterocycles. The number of oxazole rings is 1. The van der Waals surface area contributed by atoms with Gasteiger partial charge < -0.3 is 9.32 Å². The van der Waals surface area contributed by atoms with E-state index in [1.54, 1.807) is 23.6 Å². The van der Waals surface area contributed by atoms with E-state index in [4.69, 9.17) is 4.42 Å². The molecular weight excluding hydrogens is 300 g/mol. The van der Waals surface area contributed by atoms with Crippen LogP contribution in [0.5, 0.6) is 0 Å². The first-order chi connectivity index (χ1) is 10.5. The number of rotatable bonds is 2. The van der Waals surface area contributed by atoms with Crippen molar-refractivity contribution in [1.82, 2.24) is 19.7 Å². The van der Waals surface area contributed by atoms with Gasteiger partial charge in [-0.2, -0.15) is 5.10 Å². The second-order valence-corrected chi connectivity index (χ2v) is 6.36. The number of nitrogens with zero attached hydrogens (tertiary/aromatic N) is 4. The average Bonchev–Trinajstić information content (AvgIpc) is 3.16. The Kier molecular flexibility index (Phi) is 3.82. The third kappa shape index (κ3) is 2.56. The van der Waals surface area contributed by atoms with Gasteiger partial charge >= 0.3 is 0 Å². The van der Waals surface area contributed by atoms with Crippen LogP contribution in [0.4, 0.5) is 0 Å². The predicted octanol–water partition coefficient (Wildman–Crippen LogP) is 2.52. The maximum Gasteiger partial charge on any atom is 0.280 e. The Balaban J connectivity index is 1.93. The molecule has 2 aromatic heterocycles. The van der Waals surface area contributed by atoms with E-state index < -0.39 is 0 Å². The molecule has 1 saturated heterocycles. The minimum atomic E-state index is -0.118. The molecule has 3 rings (SSSR count). The van der Waals surface area contributed by atoms with Gasteiger partial charge in [0, 0.05) is 37.5 Å². The van der Waals surface area contributed by atoms with E-state index in [2.05, 4.69) is 10.1 Å². The Morgan fingerprint density at radius 3 is 2.77 bits per heavy atom. The van der Waals surface area contributed by atoms with Crippen molar-refractivity contribution >= 4 is 23.7 Å². The maximum absolute atomic E-state index is 12.6. The van der Waals surface area contributed by atoms with Crippen LogP contribution in [0.2, 0.25) is 0 Å². The third-order valence-electron chi connectivity index (χ3n) is 3.75. The SMILES string of the molecule is Cc1nc(C(=O)N2CCS/C2=C/c2c(C)nn(C)c2C)co1. The lowest BCUT2D eigenvalue weighted by molar-refractivity contribution is 0.0825. The van der Waals surface area contributed by atoms with Gasteiger partial charge in [-0.25, -0.2) is 4.98 Å². The summed E-state index contributed by atoms with van der Waals surface area (Å²) >= 11 is 1.67. The summed E-state index contributed by atoms with van der Waals surface area (Å²) in [7, 11) is 1.92. The van der Waals surface area contributed by atoms with Gasteiger partial charge in [-0.05, 0) is 19.9 Å². The van der Waals surface area contributed by atoms with E-state index in [0.29, 0.717) is 18.1 Å². The molecule has 0 unspecified atom stereocenters. The molecule has 0 radical (unpaired) electrons. The highest BCUT2D eigenvalue weighted by molar-refractivity contribution is 8.03. The fraction of sp³-hybridized carbons (Fsp3) is 0.400. The van der Waals surface area contributed by atoms with Crippen LogP contribution in [0, 0.1) is 20.8 Å². The number of hydrogen-bond acceptors (Lipinski definition) is 5. The van der Waals surface area contributed by atoms with E-state index in [-0.39, 0.29) is 5.91 Å². The third-order valence-corrected chi connectivity index (χ3v) is 4.77. The van der Waals surface area contributed by atoms with Crippen LogP contribution in [0.3, 0.4) is 0 Å². The van der Waals surface area contributed by atoms with Crippen molar-refractivity contribution in [3.63, 3.8) is 0 Å². The van der Waals surface area contributed by atoms with Gasteiger partial charge in [-0.1, -0.05) is 0 Å². The molecule has 1 amide bonds. The van der Waals surface area contributed by atoms with Crippen LogP contribution in [0.1, 0.15) is 33.3 Å². The lowest BCUT2D eigenvalue weighted by atomic mass is 10.2. The number of carbonyl (C=O) groups is 1. The highest BCUT2D eigenvalue weighted by atomic mass is 32.2. The van der Waals surface area contributed by atoms with Crippen LogP contribution in [0.15, 0.2) is 15.7 Å². The zero-order valence-electron chi connectivity index (χ0n) is 13.1. The molecular formula is C15H18N4O2S. The summed E-state index contributed by atoms with van der Waals surface area (Å²) in [6, 6.07) is 0. The Hall–Kier alpha value is -2.02. The minimum absolute atomic E-state index is 0.118. The molecule has 1 aliphatic heterocycles. The van der Waals surface area contributed by atoms with Gasteiger partial charge in [-0.15, -0.1) is 11.8 Å². The molecule has 6 nitrogen and oxygen atoms in total. The molecule has 0 atom stereocenters. The second-order valence-electron chi connectivity index (χ2n) is 5.25. The van der Waals surface area contributed by atoms with Crippen molar-refractivity contribution in [2.75, 3.05) is 12.3 Å². The van der Waals surface area contributed by atoms with Crippen molar-refractivity contribution < 1.29 is 9.21 Å². The average molecular weight is 318 g/mol. The summed E-state index contributed by atoms with van der Waals surface area (Å²) < 4.78 is 7.00. The van der Waals surface area contributed by atoms with Crippen LogP contribution >= 0.6 is 11.8 Å². The molecule has 0 aromatic carbocycles. The van der Waals surface area contributed by atoms with E-state index in [9.17, 15) is 4.79 Å². The largest absolute Gasteiger partial charge is 0.448 e. The molecule has 116 valence electrons. The first-order valence-electron chi connectivity index (χ1n) is 7.06. The molecule has 0 spiro atoms.